The number of aromatic nitrogens is 2. The van der Waals surface area contributed by atoms with Gasteiger partial charge >= 0.3 is 5.97 Å². The molecule has 1 N–H and O–H groups in total. The molecule has 0 fully saturated rings. The highest BCUT2D eigenvalue weighted by Crippen LogP contribution is 2.22. The second-order valence-electron chi connectivity index (χ2n) is 3.58. The summed E-state index contributed by atoms with van der Waals surface area (Å²) in [6.45, 7) is 0. The number of carbonyl (C=O) groups is 1. The molecule has 5 heteroatoms. The van der Waals surface area contributed by atoms with Crippen molar-refractivity contribution in [1.82, 2.24) is 9.78 Å². The van der Waals surface area contributed by atoms with Crippen LogP contribution in [0.2, 0.25) is 0 Å². The molecule has 0 amide bonds. The second-order valence-corrected chi connectivity index (χ2v) is 4.36. The first-order valence-corrected chi connectivity index (χ1v) is 5.94. The number of carboxylic acid groups (broad SMARTS) is 1. The zero-order valence-electron chi connectivity index (χ0n) is 8.70. The lowest BCUT2D eigenvalue weighted by Crippen LogP contribution is -1.97. The lowest BCUT2D eigenvalue weighted by Gasteiger charge is -2.00. The molecule has 0 bridgehead atoms. The molecule has 0 aliphatic carbocycles. The van der Waals surface area contributed by atoms with E-state index < -0.39 is 5.97 Å². The third kappa shape index (κ3) is 1.52. The number of hydrogen-bond acceptors (Lipinski definition) is 3. The topological polar surface area (TPSA) is 55.1 Å². The summed E-state index contributed by atoms with van der Waals surface area (Å²) in [6, 6.07) is 7.14. The molecule has 1 aromatic carbocycles. The second kappa shape index (κ2) is 3.71. The average Bonchev–Trinajstić information content (AvgIpc) is 2.96. The first-order chi connectivity index (χ1) is 8.27. The molecule has 2 aromatic heterocycles. The molecule has 0 aliphatic rings. The maximum atomic E-state index is 11.1. The largest absolute Gasteiger partial charge is 0.478 e. The lowest BCUT2D eigenvalue weighted by molar-refractivity contribution is 0.0699. The molecule has 0 atom stereocenters. The maximum absolute atomic E-state index is 11.1. The molecule has 84 valence electrons. The maximum Gasteiger partial charge on any atom is 0.336 e. The molecule has 3 rings (SSSR count). The SMILES string of the molecule is O=C(O)c1cccc2c1cnn2-c1ccsc1. The Labute approximate surface area is 101 Å². The van der Waals surface area contributed by atoms with Gasteiger partial charge in [0.25, 0.3) is 0 Å². The van der Waals surface area contributed by atoms with Crippen LogP contribution in [-0.4, -0.2) is 20.9 Å². The fraction of sp³-hybridized carbons (Fsp3) is 0. The van der Waals surface area contributed by atoms with E-state index in [-0.39, 0.29) is 5.56 Å². The zero-order valence-corrected chi connectivity index (χ0v) is 9.52. The van der Waals surface area contributed by atoms with Crippen LogP contribution in [0.3, 0.4) is 0 Å². The summed E-state index contributed by atoms with van der Waals surface area (Å²) in [5.74, 6) is -0.930. The number of thiophene rings is 1. The van der Waals surface area contributed by atoms with Crippen molar-refractivity contribution in [3.05, 3.63) is 46.8 Å². The Balaban J connectivity index is 2.31. The highest BCUT2D eigenvalue weighted by Gasteiger charge is 2.12. The average molecular weight is 244 g/mol. The van der Waals surface area contributed by atoms with Gasteiger partial charge in [0.2, 0.25) is 0 Å². The third-order valence-electron chi connectivity index (χ3n) is 2.59. The van der Waals surface area contributed by atoms with Crippen molar-refractivity contribution >= 4 is 28.2 Å². The number of aromatic carboxylic acids is 1. The van der Waals surface area contributed by atoms with E-state index in [2.05, 4.69) is 5.10 Å². The fourth-order valence-electron chi connectivity index (χ4n) is 1.82. The standard InChI is InChI=1S/C12H8N2O2S/c15-12(16)9-2-1-3-11-10(9)6-13-14(11)8-4-5-17-7-8/h1-7H,(H,15,16). The van der Waals surface area contributed by atoms with Gasteiger partial charge in [0, 0.05) is 10.8 Å². The molecular weight excluding hydrogens is 236 g/mol. The highest BCUT2D eigenvalue weighted by molar-refractivity contribution is 7.08. The molecule has 0 aliphatic heterocycles. The predicted octanol–water partition coefficient (Wildman–Crippen LogP) is 2.79. The normalized spacial score (nSPS) is 10.8. The molecule has 0 spiro atoms. The van der Waals surface area contributed by atoms with Crippen LogP contribution < -0.4 is 0 Å². The van der Waals surface area contributed by atoms with Crippen LogP contribution in [0.4, 0.5) is 0 Å². The van der Waals surface area contributed by atoms with Crippen LogP contribution in [0.5, 0.6) is 0 Å². The number of nitrogens with zero attached hydrogens (tertiary/aromatic N) is 2. The number of carboxylic acids is 1. The van der Waals surface area contributed by atoms with Crippen LogP contribution >= 0.6 is 11.3 Å². The number of hydrogen-bond donors (Lipinski definition) is 1. The third-order valence-corrected chi connectivity index (χ3v) is 3.27. The van der Waals surface area contributed by atoms with Crippen molar-refractivity contribution < 1.29 is 9.90 Å². The Kier molecular flexibility index (Phi) is 2.19. The van der Waals surface area contributed by atoms with Crippen molar-refractivity contribution in [2.45, 2.75) is 0 Å². The number of benzene rings is 1. The van der Waals surface area contributed by atoms with E-state index in [4.69, 9.17) is 5.11 Å². The zero-order chi connectivity index (χ0) is 11.8. The first-order valence-electron chi connectivity index (χ1n) is 5.00. The van der Waals surface area contributed by atoms with Crippen LogP contribution in [0, 0.1) is 0 Å². The van der Waals surface area contributed by atoms with Crippen molar-refractivity contribution in [2.24, 2.45) is 0 Å². The van der Waals surface area contributed by atoms with Gasteiger partial charge in [-0.2, -0.15) is 16.4 Å². The van der Waals surface area contributed by atoms with Crippen molar-refractivity contribution in [1.29, 1.82) is 0 Å². The van der Waals surface area contributed by atoms with Gasteiger partial charge in [-0.25, -0.2) is 9.48 Å². The highest BCUT2D eigenvalue weighted by atomic mass is 32.1. The van der Waals surface area contributed by atoms with Gasteiger partial charge in [-0.3, -0.25) is 0 Å². The Hall–Kier alpha value is -2.14. The van der Waals surface area contributed by atoms with E-state index in [1.54, 1.807) is 34.3 Å². The smallest absolute Gasteiger partial charge is 0.336 e. The molecule has 0 radical (unpaired) electrons. The predicted molar refractivity (Wildman–Crippen MR) is 65.9 cm³/mol. The van der Waals surface area contributed by atoms with Crippen LogP contribution in [0.25, 0.3) is 16.6 Å². The first kappa shape index (κ1) is 10.0. The van der Waals surface area contributed by atoms with Crippen LogP contribution in [0.15, 0.2) is 41.2 Å². The van der Waals surface area contributed by atoms with E-state index in [0.717, 1.165) is 11.2 Å². The molecular formula is C12H8N2O2S. The van der Waals surface area contributed by atoms with Gasteiger partial charge < -0.3 is 5.11 Å². The quantitative estimate of drug-likeness (QED) is 0.754. The Morgan fingerprint density at radius 2 is 2.24 bits per heavy atom. The van der Waals surface area contributed by atoms with E-state index >= 15 is 0 Å². The lowest BCUT2D eigenvalue weighted by atomic mass is 10.1. The van der Waals surface area contributed by atoms with E-state index in [1.807, 2.05) is 22.9 Å². The van der Waals surface area contributed by atoms with Crippen molar-refractivity contribution in [3.8, 4) is 5.69 Å². The summed E-state index contributed by atoms with van der Waals surface area (Å²) in [5.41, 5.74) is 2.04. The minimum atomic E-state index is -0.930. The molecule has 0 unspecified atom stereocenters. The molecule has 0 saturated heterocycles. The van der Waals surface area contributed by atoms with Gasteiger partial charge in [0.05, 0.1) is 23.0 Å². The summed E-state index contributed by atoms with van der Waals surface area (Å²) in [7, 11) is 0. The summed E-state index contributed by atoms with van der Waals surface area (Å²) in [5, 5.41) is 17.9. The van der Waals surface area contributed by atoms with Crippen LogP contribution in [-0.2, 0) is 0 Å². The monoisotopic (exact) mass is 244 g/mol. The minimum absolute atomic E-state index is 0.281. The number of rotatable bonds is 2. The summed E-state index contributed by atoms with van der Waals surface area (Å²) in [6.07, 6.45) is 1.59. The Bertz CT molecular complexity index is 686. The molecule has 0 saturated carbocycles. The van der Waals surface area contributed by atoms with E-state index in [9.17, 15) is 4.79 Å². The molecule has 3 aromatic rings. The molecule has 2 heterocycles. The van der Waals surface area contributed by atoms with Gasteiger partial charge in [-0.15, -0.1) is 0 Å². The minimum Gasteiger partial charge on any atom is -0.478 e. The molecule has 4 nitrogen and oxygen atoms in total. The van der Waals surface area contributed by atoms with Crippen LogP contribution in [0.1, 0.15) is 10.4 Å². The van der Waals surface area contributed by atoms with Gasteiger partial charge in [0.1, 0.15) is 0 Å². The summed E-state index contributed by atoms with van der Waals surface area (Å²) >= 11 is 1.58. The fourth-order valence-corrected chi connectivity index (χ4v) is 2.44. The van der Waals surface area contributed by atoms with Gasteiger partial charge in [-0.05, 0) is 23.6 Å². The van der Waals surface area contributed by atoms with Crippen molar-refractivity contribution in [3.63, 3.8) is 0 Å². The van der Waals surface area contributed by atoms with Gasteiger partial charge in [-0.1, -0.05) is 6.07 Å². The number of fused-ring (bicyclic) bond motifs is 1. The summed E-state index contributed by atoms with van der Waals surface area (Å²) in [4.78, 5) is 11.1. The van der Waals surface area contributed by atoms with E-state index in [0.29, 0.717) is 5.39 Å². The van der Waals surface area contributed by atoms with E-state index in [1.165, 1.54) is 0 Å². The Morgan fingerprint density at radius 3 is 2.94 bits per heavy atom. The van der Waals surface area contributed by atoms with Gasteiger partial charge in [0.15, 0.2) is 0 Å². The molecule has 17 heavy (non-hydrogen) atoms. The summed E-state index contributed by atoms with van der Waals surface area (Å²) < 4.78 is 1.75. The van der Waals surface area contributed by atoms with Crippen molar-refractivity contribution in [2.75, 3.05) is 0 Å². The Morgan fingerprint density at radius 1 is 1.35 bits per heavy atom.